The van der Waals surface area contributed by atoms with Gasteiger partial charge in [0.15, 0.2) is 5.58 Å². The van der Waals surface area contributed by atoms with Crippen LogP contribution >= 0.6 is 11.6 Å². The highest BCUT2D eigenvalue weighted by atomic mass is 35.5. The topological polar surface area (TPSA) is 116 Å². The van der Waals surface area contributed by atoms with Gasteiger partial charge >= 0.3 is 11.3 Å². The van der Waals surface area contributed by atoms with E-state index in [9.17, 15) is 9.59 Å². The molecular weight excluding hydrogens is 470 g/mol. The average Bonchev–Trinajstić information content (AvgIpc) is 3.30. The number of aromatic nitrogens is 1. The summed E-state index contributed by atoms with van der Waals surface area (Å²) in [6.07, 6.45) is 4.78. The summed E-state index contributed by atoms with van der Waals surface area (Å²) in [7, 11) is 0. The molecule has 1 saturated heterocycles. The van der Waals surface area contributed by atoms with E-state index < -0.39 is 11.3 Å². The van der Waals surface area contributed by atoms with Crippen LogP contribution in [-0.2, 0) is 12.8 Å². The van der Waals surface area contributed by atoms with Crippen LogP contribution in [0.25, 0.3) is 22.1 Å². The highest BCUT2D eigenvalue weighted by Crippen LogP contribution is 2.39. The molecule has 8 nitrogen and oxygen atoms in total. The summed E-state index contributed by atoms with van der Waals surface area (Å²) in [6.45, 7) is 3.19. The van der Waals surface area contributed by atoms with Crippen molar-refractivity contribution < 1.29 is 13.4 Å². The molecule has 0 amide bonds. The number of rotatable bonds is 6. The molecule has 35 heavy (non-hydrogen) atoms. The fraction of sp³-hybridized carbons (Fsp3) is 0.346. The summed E-state index contributed by atoms with van der Waals surface area (Å²) < 4.78 is 16.2. The second-order valence-electron chi connectivity index (χ2n) is 8.95. The number of hydrogen-bond donors (Lipinski definition) is 1. The van der Waals surface area contributed by atoms with E-state index in [4.69, 9.17) is 30.7 Å². The molecule has 1 fully saturated rings. The van der Waals surface area contributed by atoms with Gasteiger partial charge in [-0.2, -0.15) is 0 Å². The smallest absolute Gasteiger partial charge is 0.336 e. The van der Waals surface area contributed by atoms with Crippen LogP contribution in [-0.4, -0.2) is 29.7 Å². The molecule has 2 aromatic heterocycles. The van der Waals surface area contributed by atoms with E-state index in [-0.39, 0.29) is 27.5 Å². The number of nitrogen functional groups attached to an aromatic ring is 1. The van der Waals surface area contributed by atoms with Crippen LogP contribution in [0.15, 0.2) is 65.4 Å². The minimum atomic E-state index is -0.794. The van der Waals surface area contributed by atoms with Gasteiger partial charge in [-0.05, 0) is 56.7 Å². The van der Waals surface area contributed by atoms with E-state index in [1.54, 1.807) is 0 Å². The zero-order valence-corrected chi connectivity index (χ0v) is 19.9. The monoisotopic (exact) mass is 495 g/mol. The van der Waals surface area contributed by atoms with Gasteiger partial charge in [0.1, 0.15) is 10.7 Å². The van der Waals surface area contributed by atoms with Gasteiger partial charge in [-0.1, -0.05) is 47.1 Å². The van der Waals surface area contributed by atoms with Gasteiger partial charge in [0.25, 0.3) is 0 Å². The van der Waals surface area contributed by atoms with Crippen molar-refractivity contribution in [2.24, 2.45) is 5.92 Å². The number of piperidine rings is 1. The number of nitrogens with zero attached hydrogens (tertiary/aromatic N) is 2. The summed E-state index contributed by atoms with van der Waals surface area (Å²) in [5.41, 5.74) is 6.60. The molecule has 2 bridgehead atoms. The van der Waals surface area contributed by atoms with E-state index in [2.05, 4.69) is 34.3 Å². The molecule has 2 N–H and O–H groups in total. The second-order valence-corrected chi connectivity index (χ2v) is 9.33. The maximum absolute atomic E-state index is 12.2. The Kier molecular flexibility index (Phi) is 6.74. The van der Waals surface area contributed by atoms with Crippen LogP contribution in [0.1, 0.15) is 30.5 Å². The predicted molar refractivity (Wildman–Crippen MR) is 134 cm³/mol. The lowest BCUT2D eigenvalue weighted by Crippen LogP contribution is -2.35. The minimum Gasteiger partial charge on any atom is -0.421 e. The molecule has 0 saturated carbocycles. The fourth-order valence-corrected chi connectivity index (χ4v) is 4.93. The number of aryl methyl sites for hydroxylation is 1. The van der Waals surface area contributed by atoms with E-state index in [1.165, 1.54) is 5.56 Å². The van der Waals surface area contributed by atoms with Gasteiger partial charge in [-0.3, -0.25) is 0 Å². The van der Waals surface area contributed by atoms with E-state index in [0.29, 0.717) is 23.4 Å². The Bertz CT molecular complexity index is 1480. The first-order valence-electron chi connectivity index (χ1n) is 11.8. The van der Waals surface area contributed by atoms with Gasteiger partial charge in [0, 0.05) is 18.7 Å². The SMILES string of the molecule is Nc1c(Cl)c2oc(=O)ccc(=O)oc1c1onc(CCC3CCN(CCc4ccccc4)CC3)c21. The highest BCUT2D eigenvalue weighted by Gasteiger charge is 2.24. The van der Waals surface area contributed by atoms with Crippen LogP contribution in [0.2, 0.25) is 5.02 Å². The number of hydrogen-bond acceptors (Lipinski definition) is 8. The Morgan fingerprint density at radius 3 is 2.34 bits per heavy atom. The molecule has 0 atom stereocenters. The molecule has 0 unspecified atom stereocenters. The zero-order chi connectivity index (χ0) is 24.4. The fourth-order valence-electron chi connectivity index (χ4n) is 4.71. The minimum absolute atomic E-state index is 0.0138. The maximum atomic E-state index is 12.2. The van der Waals surface area contributed by atoms with Crippen LogP contribution in [0.3, 0.4) is 0 Å². The van der Waals surface area contributed by atoms with Gasteiger partial charge in [0.2, 0.25) is 11.2 Å². The first kappa shape index (κ1) is 23.4. The Balaban J connectivity index is 1.33. The van der Waals surface area contributed by atoms with Gasteiger partial charge < -0.3 is 24.0 Å². The average molecular weight is 496 g/mol. The largest absolute Gasteiger partial charge is 0.421 e. The van der Waals surface area contributed by atoms with Gasteiger partial charge in [0.05, 0.1) is 11.1 Å². The Morgan fingerprint density at radius 2 is 1.63 bits per heavy atom. The molecule has 4 aromatic rings. The Hall–Kier alpha value is -3.36. The first-order chi connectivity index (χ1) is 17.0. The second kappa shape index (κ2) is 10.1. The number of nitrogens with two attached hydrogens (primary N) is 1. The van der Waals surface area contributed by atoms with Crippen molar-refractivity contribution >= 4 is 39.4 Å². The van der Waals surface area contributed by atoms with Crippen LogP contribution in [0.5, 0.6) is 0 Å². The van der Waals surface area contributed by atoms with Crippen molar-refractivity contribution in [2.45, 2.75) is 32.1 Å². The van der Waals surface area contributed by atoms with Crippen molar-refractivity contribution in [1.29, 1.82) is 0 Å². The molecule has 1 aliphatic rings. The third kappa shape index (κ3) is 5.04. The maximum Gasteiger partial charge on any atom is 0.336 e. The first-order valence-corrected chi connectivity index (χ1v) is 12.1. The van der Waals surface area contributed by atoms with E-state index >= 15 is 0 Å². The van der Waals surface area contributed by atoms with Crippen molar-refractivity contribution in [3.05, 3.63) is 79.6 Å². The predicted octanol–water partition coefficient (Wildman–Crippen LogP) is 4.57. The number of halogens is 1. The molecule has 0 radical (unpaired) electrons. The molecule has 0 spiro atoms. The number of likely N-dealkylation sites (tertiary alicyclic amines) is 1. The normalized spacial score (nSPS) is 15.1. The summed E-state index contributed by atoms with van der Waals surface area (Å²) in [6, 6.07) is 12.5. The Labute approximate surface area is 205 Å². The summed E-state index contributed by atoms with van der Waals surface area (Å²) in [5, 5.41) is 4.59. The summed E-state index contributed by atoms with van der Waals surface area (Å²) in [4.78, 5) is 26.8. The van der Waals surface area contributed by atoms with E-state index in [1.807, 2.05) is 6.07 Å². The summed E-state index contributed by atoms with van der Waals surface area (Å²) >= 11 is 6.40. The molecule has 9 heteroatoms. The van der Waals surface area contributed by atoms with Crippen LogP contribution in [0, 0.1) is 5.92 Å². The zero-order valence-electron chi connectivity index (χ0n) is 19.2. The summed E-state index contributed by atoms with van der Waals surface area (Å²) in [5.74, 6) is 0.545. The molecule has 2 aromatic carbocycles. The van der Waals surface area contributed by atoms with Gasteiger partial charge in [-0.25, -0.2) is 9.59 Å². The van der Waals surface area contributed by atoms with Gasteiger partial charge in [-0.15, -0.1) is 0 Å². The lowest BCUT2D eigenvalue weighted by molar-refractivity contribution is 0.180. The molecule has 1 aliphatic heterocycles. The van der Waals surface area contributed by atoms with E-state index in [0.717, 1.165) is 57.5 Å². The standard InChI is InChI=1S/C26H26ClN3O5/c27-22-23(28)26-25-21(24(22)33-19(31)8-9-20(32)34-26)18(29-35-25)7-6-17-11-14-30(15-12-17)13-10-16-4-2-1-3-5-16/h1-5,8-9,17H,6-7,10-15,28H2. The lowest BCUT2D eigenvalue weighted by Gasteiger charge is -2.31. The number of anilines is 1. The Morgan fingerprint density at radius 1 is 0.943 bits per heavy atom. The lowest BCUT2D eigenvalue weighted by atomic mass is 9.91. The number of fused-ring (bicyclic) bond motifs is 6. The third-order valence-corrected chi connectivity index (χ3v) is 7.07. The van der Waals surface area contributed by atoms with Crippen LogP contribution in [0.4, 0.5) is 5.69 Å². The van der Waals surface area contributed by atoms with Crippen LogP contribution < -0.4 is 17.0 Å². The van der Waals surface area contributed by atoms with Crippen molar-refractivity contribution in [3.8, 4) is 0 Å². The van der Waals surface area contributed by atoms with Crippen molar-refractivity contribution in [1.82, 2.24) is 10.1 Å². The van der Waals surface area contributed by atoms with Crippen molar-refractivity contribution in [3.63, 3.8) is 0 Å². The molecule has 182 valence electrons. The molecular formula is C26H26ClN3O5. The van der Waals surface area contributed by atoms with Crippen molar-refractivity contribution in [2.75, 3.05) is 25.4 Å². The number of benzene rings is 2. The molecule has 5 rings (SSSR count). The third-order valence-electron chi connectivity index (χ3n) is 6.69. The highest BCUT2D eigenvalue weighted by molar-refractivity contribution is 6.39. The quantitative estimate of drug-likeness (QED) is 0.386. The molecule has 3 heterocycles. The molecule has 0 aliphatic carbocycles.